The summed E-state index contributed by atoms with van der Waals surface area (Å²) in [7, 11) is 3.32. The molecular formula is C30H36FN3O4. The number of likely N-dealkylation sites (N-methyl/N-ethyl adjacent to an activating group) is 1. The number of carbonyl (C=O) groups is 2. The molecule has 0 bridgehead atoms. The maximum Gasteiger partial charge on any atom is 0.410 e. The van der Waals surface area contributed by atoms with E-state index in [1.807, 2.05) is 56.0 Å². The van der Waals surface area contributed by atoms with E-state index in [-0.39, 0.29) is 13.4 Å². The molecule has 2 amide bonds. The van der Waals surface area contributed by atoms with Crippen molar-refractivity contribution in [2.24, 2.45) is 0 Å². The minimum atomic E-state index is -0.578. The van der Waals surface area contributed by atoms with Crippen molar-refractivity contribution in [3.63, 3.8) is 0 Å². The lowest BCUT2D eigenvalue weighted by molar-refractivity contribution is 0.0237. The number of para-hydroxylation sites is 1. The van der Waals surface area contributed by atoms with E-state index >= 15 is 4.39 Å². The Kier molecular flexibility index (Phi) is 7.90. The van der Waals surface area contributed by atoms with Gasteiger partial charge >= 0.3 is 6.09 Å². The van der Waals surface area contributed by atoms with Crippen molar-refractivity contribution in [2.45, 2.75) is 38.8 Å². The van der Waals surface area contributed by atoms with Crippen LogP contribution in [0, 0.1) is 5.82 Å². The average Bonchev–Trinajstić information content (AvgIpc) is 3.37. The first-order chi connectivity index (χ1) is 18.0. The van der Waals surface area contributed by atoms with E-state index in [2.05, 4.69) is 0 Å². The summed E-state index contributed by atoms with van der Waals surface area (Å²) in [6.45, 7) is 6.58. The number of amides is 2. The highest BCUT2D eigenvalue weighted by atomic mass is 19.1. The molecule has 0 aliphatic carbocycles. The van der Waals surface area contributed by atoms with Crippen LogP contribution in [-0.4, -0.2) is 55.7 Å². The van der Waals surface area contributed by atoms with Crippen molar-refractivity contribution in [3.05, 3.63) is 84.2 Å². The Balaban J connectivity index is 0.00000420. The van der Waals surface area contributed by atoms with E-state index in [0.29, 0.717) is 47.9 Å². The van der Waals surface area contributed by atoms with Crippen molar-refractivity contribution in [1.82, 2.24) is 4.90 Å². The van der Waals surface area contributed by atoms with Gasteiger partial charge in [0.05, 0.1) is 11.7 Å². The topological polar surface area (TPSA) is 62.3 Å². The first-order valence-corrected chi connectivity index (χ1v) is 12.6. The zero-order valence-electron chi connectivity index (χ0n) is 22.5. The molecular weight excluding hydrogens is 485 g/mol. The van der Waals surface area contributed by atoms with Gasteiger partial charge in [-0.3, -0.25) is 4.79 Å². The third kappa shape index (κ3) is 6.43. The molecule has 0 radical (unpaired) electrons. The van der Waals surface area contributed by atoms with Gasteiger partial charge in [0, 0.05) is 39.9 Å². The number of benzene rings is 3. The van der Waals surface area contributed by atoms with Gasteiger partial charge in [-0.15, -0.1) is 0 Å². The predicted molar refractivity (Wildman–Crippen MR) is 149 cm³/mol. The molecule has 1 heterocycles. The molecule has 0 spiro atoms. The lowest BCUT2D eigenvalue weighted by Crippen LogP contribution is -2.42. The minimum Gasteiger partial charge on any atom is -0.457 e. The number of anilines is 2. The first-order valence-electron chi connectivity index (χ1n) is 12.6. The summed E-state index contributed by atoms with van der Waals surface area (Å²) in [6, 6.07) is 20.9. The maximum absolute atomic E-state index is 15.2. The van der Waals surface area contributed by atoms with Gasteiger partial charge in [0.1, 0.15) is 22.9 Å². The van der Waals surface area contributed by atoms with Gasteiger partial charge in [-0.05, 0) is 75.7 Å². The fourth-order valence-corrected chi connectivity index (χ4v) is 4.35. The number of nitrogens with zero attached hydrogens (tertiary/aromatic N) is 3. The lowest BCUT2D eigenvalue weighted by atomic mass is 10.1. The molecule has 3 aromatic carbocycles. The minimum absolute atomic E-state index is 0. The average molecular weight is 522 g/mol. The molecule has 202 valence electrons. The van der Waals surface area contributed by atoms with Gasteiger partial charge in [-0.1, -0.05) is 24.3 Å². The second-order valence-corrected chi connectivity index (χ2v) is 10.4. The lowest BCUT2D eigenvalue weighted by Gasteiger charge is -2.29. The first kappa shape index (κ1) is 27.0. The Bertz CT molecular complexity index is 1300. The molecule has 1 unspecified atom stereocenters. The van der Waals surface area contributed by atoms with Crippen LogP contribution in [0.4, 0.5) is 20.6 Å². The third-order valence-corrected chi connectivity index (χ3v) is 6.42. The fraction of sp³-hybridized carbons (Fsp3) is 0.333. The summed E-state index contributed by atoms with van der Waals surface area (Å²) in [5.41, 5.74) is 0.726. The quantitative estimate of drug-likeness (QED) is 0.366. The molecule has 38 heavy (non-hydrogen) atoms. The molecule has 8 heteroatoms. The molecule has 3 aromatic rings. The van der Waals surface area contributed by atoms with Crippen LogP contribution in [-0.2, 0) is 4.74 Å². The summed E-state index contributed by atoms with van der Waals surface area (Å²) in [6.07, 6.45) is 0.315. The molecule has 0 aromatic heterocycles. The van der Waals surface area contributed by atoms with Crippen LogP contribution >= 0.6 is 0 Å². The van der Waals surface area contributed by atoms with Crippen molar-refractivity contribution >= 4 is 23.4 Å². The molecule has 1 fully saturated rings. The molecule has 1 saturated heterocycles. The zero-order valence-corrected chi connectivity index (χ0v) is 22.5. The highest BCUT2D eigenvalue weighted by Crippen LogP contribution is 2.30. The number of ether oxygens (including phenoxy) is 2. The number of hydrogen-bond acceptors (Lipinski definition) is 5. The van der Waals surface area contributed by atoms with Crippen LogP contribution in [0.2, 0.25) is 0 Å². The largest absolute Gasteiger partial charge is 0.457 e. The van der Waals surface area contributed by atoms with Crippen LogP contribution in [0.25, 0.3) is 0 Å². The van der Waals surface area contributed by atoms with Crippen molar-refractivity contribution < 1.29 is 24.9 Å². The van der Waals surface area contributed by atoms with Crippen molar-refractivity contribution in [2.75, 3.05) is 37.0 Å². The maximum atomic E-state index is 15.2. The predicted octanol–water partition coefficient (Wildman–Crippen LogP) is 6.59. The summed E-state index contributed by atoms with van der Waals surface area (Å²) in [5.74, 6) is 0.501. The highest BCUT2D eigenvalue weighted by molar-refractivity contribution is 6.06. The van der Waals surface area contributed by atoms with Crippen LogP contribution < -0.4 is 14.5 Å². The molecule has 7 nitrogen and oxygen atoms in total. The van der Waals surface area contributed by atoms with E-state index in [1.54, 1.807) is 55.4 Å². The fourth-order valence-electron chi connectivity index (χ4n) is 4.35. The van der Waals surface area contributed by atoms with Crippen LogP contribution in [0.15, 0.2) is 72.8 Å². The second-order valence-electron chi connectivity index (χ2n) is 10.4. The normalized spacial score (nSPS) is 15.2. The smallest absolute Gasteiger partial charge is 0.410 e. The standard InChI is InChI=1S/C30H34FN3O4.H2/c1-30(2,3)38-29(36)33(5)23-16-17-34(20-23)27-15-14-22(19-26(27)31)32(4)28(35)21-10-9-13-25(18-21)37-24-11-7-6-8-12-24;/h6-15,18-19,23H,16-17,20H2,1-5H3;1H. The van der Waals surface area contributed by atoms with E-state index in [0.717, 1.165) is 0 Å². The Morgan fingerprint density at radius 2 is 1.68 bits per heavy atom. The van der Waals surface area contributed by atoms with Gasteiger partial charge in [0.15, 0.2) is 0 Å². The Morgan fingerprint density at radius 1 is 0.974 bits per heavy atom. The molecule has 1 atom stereocenters. The van der Waals surface area contributed by atoms with Gasteiger partial charge in [-0.25, -0.2) is 9.18 Å². The summed E-state index contributed by atoms with van der Waals surface area (Å²) in [4.78, 5) is 30.5. The van der Waals surface area contributed by atoms with E-state index < -0.39 is 17.5 Å². The number of halogens is 1. The van der Waals surface area contributed by atoms with Gasteiger partial charge in [0.25, 0.3) is 5.91 Å². The number of carbonyl (C=O) groups excluding carboxylic acids is 2. The molecule has 1 aliphatic heterocycles. The van der Waals surface area contributed by atoms with Gasteiger partial charge in [-0.2, -0.15) is 0 Å². The molecule has 0 N–H and O–H groups in total. The second kappa shape index (κ2) is 11.1. The van der Waals surface area contributed by atoms with Gasteiger partial charge < -0.3 is 24.2 Å². The Morgan fingerprint density at radius 3 is 2.37 bits per heavy atom. The third-order valence-electron chi connectivity index (χ3n) is 6.42. The van der Waals surface area contributed by atoms with Crippen LogP contribution in [0.3, 0.4) is 0 Å². The van der Waals surface area contributed by atoms with Crippen molar-refractivity contribution in [3.8, 4) is 11.5 Å². The molecule has 1 aliphatic rings. The van der Waals surface area contributed by atoms with E-state index in [1.165, 1.54) is 11.0 Å². The summed E-state index contributed by atoms with van der Waals surface area (Å²) >= 11 is 0. The van der Waals surface area contributed by atoms with Crippen LogP contribution in [0.5, 0.6) is 11.5 Å². The molecule has 0 saturated carbocycles. The number of rotatable bonds is 6. The number of hydrogen-bond donors (Lipinski definition) is 0. The van der Waals surface area contributed by atoms with Crippen molar-refractivity contribution in [1.29, 1.82) is 0 Å². The zero-order chi connectivity index (χ0) is 27.4. The Hall–Kier alpha value is -4.07. The highest BCUT2D eigenvalue weighted by Gasteiger charge is 2.32. The molecule has 4 rings (SSSR count). The summed E-state index contributed by atoms with van der Waals surface area (Å²) in [5, 5.41) is 0. The SMILES string of the molecule is CN(C(=O)c1cccc(Oc2ccccc2)c1)c1ccc(N2CCC(N(C)C(=O)OC(C)(C)C)C2)c(F)c1.[HH]. The van der Waals surface area contributed by atoms with E-state index in [9.17, 15) is 9.59 Å². The monoisotopic (exact) mass is 521 g/mol. The Labute approximate surface area is 224 Å². The van der Waals surface area contributed by atoms with Gasteiger partial charge in [0.2, 0.25) is 0 Å². The van der Waals surface area contributed by atoms with Crippen LogP contribution in [0.1, 0.15) is 39.0 Å². The summed E-state index contributed by atoms with van der Waals surface area (Å²) < 4.78 is 26.5. The van der Waals surface area contributed by atoms with E-state index in [4.69, 9.17) is 9.47 Å².